The molecule has 2 unspecified atom stereocenters. The van der Waals surface area contributed by atoms with E-state index in [0.717, 1.165) is 25.7 Å². The van der Waals surface area contributed by atoms with Crippen LogP contribution in [0.4, 0.5) is 0 Å². The zero-order chi connectivity index (χ0) is 31.5. The smallest absolute Gasteiger partial charge is 0.306 e. The molecule has 0 spiro atoms. The number of hydrogen-bond acceptors (Lipinski definition) is 8. The summed E-state index contributed by atoms with van der Waals surface area (Å²) in [5.41, 5.74) is 0. The molecule has 250 valence electrons. The van der Waals surface area contributed by atoms with Gasteiger partial charge in [0.2, 0.25) is 0 Å². The van der Waals surface area contributed by atoms with Crippen molar-refractivity contribution in [3.8, 4) is 0 Å². The topological polar surface area (TPSA) is 111 Å². The van der Waals surface area contributed by atoms with Gasteiger partial charge in [-0.1, -0.05) is 117 Å². The molecule has 0 aromatic heterocycles. The maximum Gasteiger partial charge on any atom is 0.306 e. The van der Waals surface area contributed by atoms with Gasteiger partial charge in [0, 0.05) is 12.8 Å². The lowest BCUT2D eigenvalue weighted by Crippen LogP contribution is -2.37. The van der Waals surface area contributed by atoms with Crippen molar-refractivity contribution in [3.05, 3.63) is 0 Å². The fourth-order valence-electron chi connectivity index (χ4n) is 4.42. The highest BCUT2D eigenvalue weighted by Crippen LogP contribution is 2.38. The van der Waals surface area contributed by atoms with Crippen LogP contribution < -0.4 is 4.89 Å². The van der Waals surface area contributed by atoms with Crippen LogP contribution in [-0.4, -0.2) is 70.0 Å². The highest BCUT2D eigenvalue weighted by atomic mass is 31.2. The van der Waals surface area contributed by atoms with E-state index in [2.05, 4.69) is 6.92 Å². The second kappa shape index (κ2) is 26.4. The minimum atomic E-state index is -4.59. The molecule has 9 nitrogen and oxygen atoms in total. The van der Waals surface area contributed by atoms with E-state index in [1.165, 1.54) is 77.0 Å². The molecule has 0 aliphatic heterocycles. The largest absolute Gasteiger partial charge is 0.756 e. The zero-order valence-corrected chi connectivity index (χ0v) is 28.6. The summed E-state index contributed by atoms with van der Waals surface area (Å²) < 4.78 is 33.3. The van der Waals surface area contributed by atoms with Crippen molar-refractivity contribution in [1.29, 1.82) is 0 Å². The Hall–Kier alpha value is -0.990. The number of carbonyl (C=O) groups excluding carboxylic acids is 2. The van der Waals surface area contributed by atoms with Crippen molar-refractivity contribution in [2.24, 2.45) is 0 Å². The maximum absolute atomic E-state index is 12.5. The van der Waals surface area contributed by atoms with Crippen molar-refractivity contribution < 1.29 is 42.1 Å². The summed E-state index contributed by atoms with van der Waals surface area (Å²) in [5.74, 6) is -0.858. The van der Waals surface area contributed by atoms with Gasteiger partial charge < -0.3 is 27.9 Å². The Bertz CT molecular complexity index is 713. The van der Waals surface area contributed by atoms with Gasteiger partial charge in [0.15, 0.2) is 6.10 Å². The molecule has 0 saturated heterocycles. The minimum absolute atomic E-state index is 0.0274. The van der Waals surface area contributed by atoms with Crippen molar-refractivity contribution in [2.75, 3.05) is 47.5 Å². The minimum Gasteiger partial charge on any atom is -0.756 e. The molecule has 0 aliphatic carbocycles. The Labute approximate surface area is 257 Å². The molecule has 0 heterocycles. The molecule has 0 amide bonds. The summed E-state index contributed by atoms with van der Waals surface area (Å²) in [6.45, 7) is 4.03. The van der Waals surface area contributed by atoms with Gasteiger partial charge in [-0.2, -0.15) is 0 Å². The summed E-state index contributed by atoms with van der Waals surface area (Å²) in [6, 6.07) is 0. The van der Waals surface area contributed by atoms with E-state index >= 15 is 0 Å². The zero-order valence-electron chi connectivity index (χ0n) is 27.7. The maximum atomic E-state index is 12.5. The molecule has 0 radical (unpaired) electrons. The van der Waals surface area contributed by atoms with Gasteiger partial charge in [0.1, 0.15) is 19.8 Å². The predicted octanol–water partition coefficient (Wildman–Crippen LogP) is 7.49. The molecule has 10 heteroatoms. The summed E-state index contributed by atoms with van der Waals surface area (Å²) >= 11 is 0. The SMILES string of the molecule is CCCCCCCCCCCCCCCCCC(=O)OC(COC(=O)CCCCC)COP(=O)([O-])OCC[N+](C)(C)C. The van der Waals surface area contributed by atoms with E-state index in [1.807, 2.05) is 28.1 Å². The van der Waals surface area contributed by atoms with Crippen LogP contribution in [0.5, 0.6) is 0 Å². The van der Waals surface area contributed by atoms with Gasteiger partial charge in [-0.3, -0.25) is 14.2 Å². The van der Waals surface area contributed by atoms with Gasteiger partial charge in [0.05, 0.1) is 27.7 Å². The first-order valence-electron chi connectivity index (χ1n) is 16.7. The van der Waals surface area contributed by atoms with Crippen molar-refractivity contribution in [2.45, 2.75) is 148 Å². The third-order valence-corrected chi connectivity index (χ3v) is 8.09. The fraction of sp³-hybridized carbons (Fsp3) is 0.938. The van der Waals surface area contributed by atoms with E-state index in [0.29, 0.717) is 23.9 Å². The molecule has 0 saturated carbocycles. The average molecular weight is 622 g/mol. The Morgan fingerprint density at radius 3 is 1.57 bits per heavy atom. The van der Waals surface area contributed by atoms with E-state index in [1.54, 1.807) is 0 Å². The highest BCUT2D eigenvalue weighted by Gasteiger charge is 2.21. The third-order valence-electron chi connectivity index (χ3n) is 7.13. The predicted molar refractivity (Wildman–Crippen MR) is 167 cm³/mol. The lowest BCUT2D eigenvalue weighted by Gasteiger charge is -2.28. The van der Waals surface area contributed by atoms with Crippen LogP contribution in [0, 0.1) is 0 Å². The molecular weight excluding hydrogens is 557 g/mol. The first kappa shape index (κ1) is 41.0. The lowest BCUT2D eigenvalue weighted by molar-refractivity contribution is -0.870. The van der Waals surface area contributed by atoms with Crippen LogP contribution in [0.2, 0.25) is 0 Å². The molecule has 0 N–H and O–H groups in total. The first-order chi connectivity index (χ1) is 20.0. The van der Waals surface area contributed by atoms with Gasteiger partial charge in [-0.15, -0.1) is 0 Å². The Kier molecular flexibility index (Phi) is 25.8. The molecule has 0 aromatic carbocycles. The van der Waals surface area contributed by atoms with Crippen molar-refractivity contribution >= 4 is 19.8 Å². The number of esters is 2. The number of nitrogens with zero attached hydrogens (tertiary/aromatic N) is 1. The summed E-state index contributed by atoms with van der Waals surface area (Å²) in [6.07, 6.45) is 20.7. The number of carbonyl (C=O) groups is 2. The second-order valence-corrected chi connectivity index (χ2v) is 14.0. The van der Waals surface area contributed by atoms with E-state index < -0.39 is 32.5 Å². The van der Waals surface area contributed by atoms with Gasteiger partial charge in [-0.25, -0.2) is 0 Å². The van der Waals surface area contributed by atoms with Crippen molar-refractivity contribution in [1.82, 2.24) is 0 Å². The number of quaternary nitrogens is 1. The second-order valence-electron chi connectivity index (χ2n) is 12.5. The third kappa shape index (κ3) is 29.1. The van der Waals surface area contributed by atoms with E-state index in [9.17, 15) is 19.0 Å². The highest BCUT2D eigenvalue weighted by molar-refractivity contribution is 7.45. The van der Waals surface area contributed by atoms with Crippen LogP contribution >= 0.6 is 7.82 Å². The standard InChI is InChI=1S/C32H64NO8P/c1-6-8-10-11-12-13-14-15-16-17-18-19-20-21-23-25-32(35)41-30(28-38-31(34)24-22-9-7-2)29-40-42(36,37)39-27-26-33(3,4)5/h30H,6-29H2,1-5H3. The molecule has 2 atom stereocenters. The number of ether oxygens (including phenoxy) is 2. The Morgan fingerprint density at radius 1 is 0.643 bits per heavy atom. The number of phosphoric ester groups is 1. The normalized spacial score (nSPS) is 14.0. The summed E-state index contributed by atoms with van der Waals surface area (Å²) in [7, 11) is 1.17. The number of phosphoric acid groups is 1. The van der Waals surface area contributed by atoms with E-state index in [-0.39, 0.29) is 26.1 Å². The van der Waals surface area contributed by atoms with Crippen LogP contribution in [0.15, 0.2) is 0 Å². The first-order valence-corrected chi connectivity index (χ1v) is 18.2. The quantitative estimate of drug-likeness (QED) is 0.0351. The monoisotopic (exact) mass is 621 g/mol. The van der Waals surface area contributed by atoms with Crippen LogP contribution in [0.1, 0.15) is 142 Å². The average Bonchev–Trinajstić information content (AvgIpc) is 2.91. The van der Waals surface area contributed by atoms with Crippen LogP contribution in [0.3, 0.4) is 0 Å². The number of hydrogen-bond donors (Lipinski definition) is 0. The number of likely N-dealkylation sites (N-methyl/N-ethyl adjacent to an activating group) is 1. The Balaban J connectivity index is 4.26. The van der Waals surface area contributed by atoms with Crippen LogP contribution in [0.25, 0.3) is 0 Å². The fourth-order valence-corrected chi connectivity index (χ4v) is 5.15. The summed E-state index contributed by atoms with van der Waals surface area (Å²) in [4.78, 5) is 36.7. The molecule has 0 aromatic rings. The molecule has 0 aliphatic rings. The van der Waals surface area contributed by atoms with Crippen molar-refractivity contribution in [3.63, 3.8) is 0 Å². The molecule has 0 rings (SSSR count). The van der Waals surface area contributed by atoms with Gasteiger partial charge in [-0.05, 0) is 12.8 Å². The summed E-state index contributed by atoms with van der Waals surface area (Å²) in [5, 5.41) is 0. The Morgan fingerprint density at radius 2 is 1.07 bits per heavy atom. The van der Waals surface area contributed by atoms with E-state index in [4.69, 9.17) is 18.5 Å². The lowest BCUT2D eigenvalue weighted by atomic mass is 10.0. The van der Waals surface area contributed by atoms with Crippen LogP contribution in [-0.2, 0) is 32.7 Å². The molecule has 0 fully saturated rings. The van der Waals surface area contributed by atoms with Gasteiger partial charge >= 0.3 is 11.9 Å². The van der Waals surface area contributed by atoms with Gasteiger partial charge in [0.25, 0.3) is 7.82 Å². The number of unbranched alkanes of at least 4 members (excludes halogenated alkanes) is 16. The molecule has 42 heavy (non-hydrogen) atoms. The molecular formula is C32H64NO8P. The molecule has 0 bridgehead atoms. The number of rotatable bonds is 30.